The van der Waals surface area contributed by atoms with Gasteiger partial charge in [0.25, 0.3) is 5.91 Å². The number of imide groups is 1. The number of carbonyl (C=O) groups excluding carboxylic acids is 3. The molecule has 0 unspecified atom stereocenters. The quantitative estimate of drug-likeness (QED) is 0.265. The lowest BCUT2D eigenvalue weighted by Gasteiger charge is -2.13. The first-order chi connectivity index (χ1) is 18.7. The molecule has 1 aliphatic rings. The van der Waals surface area contributed by atoms with Crippen LogP contribution in [0, 0.1) is 5.82 Å². The molecule has 0 aliphatic carbocycles. The second-order valence-corrected chi connectivity index (χ2v) is 8.34. The Balaban J connectivity index is 1.44. The predicted molar refractivity (Wildman–Crippen MR) is 139 cm³/mol. The van der Waals surface area contributed by atoms with E-state index in [1.165, 1.54) is 36.4 Å². The van der Waals surface area contributed by atoms with Crippen molar-refractivity contribution >= 4 is 35.6 Å². The second-order valence-electron chi connectivity index (χ2n) is 8.34. The summed E-state index contributed by atoms with van der Waals surface area (Å²) in [6.45, 7) is 1.70. The first-order valence-electron chi connectivity index (χ1n) is 11.9. The minimum absolute atomic E-state index is 0.0478. The Morgan fingerprint density at radius 2 is 1.77 bits per heavy atom. The lowest BCUT2D eigenvalue weighted by molar-refractivity contribution is -0.127. The summed E-state index contributed by atoms with van der Waals surface area (Å²) < 4.78 is 25.3. The van der Waals surface area contributed by atoms with Gasteiger partial charge in [0.05, 0.1) is 17.9 Å². The lowest BCUT2D eigenvalue weighted by atomic mass is 10.1. The normalized spacial score (nSPS) is 13.8. The van der Waals surface area contributed by atoms with Crippen LogP contribution in [0.5, 0.6) is 11.5 Å². The van der Waals surface area contributed by atoms with E-state index in [2.05, 4.69) is 10.6 Å². The number of carboxylic acid groups (broad SMARTS) is 1. The average molecular weight is 534 g/mol. The highest BCUT2D eigenvalue weighted by Crippen LogP contribution is 2.30. The number of carbonyl (C=O) groups is 4. The predicted octanol–water partition coefficient (Wildman–Crippen LogP) is 4.03. The van der Waals surface area contributed by atoms with Crippen molar-refractivity contribution in [3.8, 4) is 11.5 Å². The van der Waals surface area contributed by atoms with Crippen LogP contribution in [0.3, 0.4) is 0 Å². The maximum absolute atomic E-state index is 13.8. The Morgan fingerprint density at radius 1 is 1.03 bits per heavy atom. The van der Waals surface area contributed by atoms with Crippen LogP contribution in [0.1, 0.15) is 28.4 Å². The fourth-order valence-corrected chi connectivity index (χ4v) is 3.68. The maximum atomic E-state index is 13.8. The number of para-hydroxylation sites is 1. The molecule has 4 rings (SSSR count). The number of anilines is 1. The van der Waals surface area contributed by atoms with Crippen molar-refractivity contribution in [3.63, 3.8) is 0 Å². The molecule has 0 spiro atoms. The molecule has 39 heavy (non-hydrogen) atoms. The topological polar surface area (TPSA) is 134 Å². The summed E-state index contributed by atoms with van der Waals surface area (Å²) in [5, 5.41) is 13.8. The zero-order valence-corrected chi connectivity index (χ0v) is 20.8. The molecule has 1 heterocycles. The minimum atomic E-state index is -1.02. The third-order valence-corrected chi connectivity index (χ3v) is 5.59. The van der Waals surface area contributed by atoms with Gasteiger partial charge in [0.2, 0.25) is 5.91 Å². The molecule has 200 valence electrons. The summed E-state index contributed by atoms with van der Waals surface area (Å²) in [5.41, 5.74) is 1.34. The van der Waals surface area contributed by atoms with E-state index in [4.69, 9.17) is 14.6 Å². The van der Waals surface area contributed by atoms with E-state index in [0.29, 0.717) is 23.7 Å². The van der Waals surface area contributed by atoms with E-state index in [-0.39, 0.29) is 23.6 Å². The van der Waals surface area contributed by atoms with Crippen molar-refractivity contribution in [3.05, 3.63) is 94.9 Å². The molecule has 0 radical (unpaired) electrons. The molecule has 1 fully saturated rings. The molecule has 3 aromatic rings. The Labute approximate surface area is 222 Å². The largest absolute Gasteiger partial charge is 0.490 e. The molecule has 0 atom stereocenters. The van der Waals surface area contributed by atoms with Crippen LogP contribution in [0.4, 0.5) is 14.9 Å². The van der Waals surface area contributed by atoms with Gasteiger partial charge < -0.3 is 25.2 Å². The van der Waals surface area contributed by atoms with Crippen molar-refractivity contribution < 1.29 is 38.1 Å². The first kappa shape index (κ1) is 26.9. The van der Waals surface area contributed by atoms with Gasteiger partial charge in [-0.1, -0.05) is 30.3 Å². The molecule has 4 amide bonds. The fourth-order valence-electron chi connectivity index (χ4n) is 3.68. The molecule has 11 heteroatoms. The van der Waals surface area contributed by atoms with E-state index >= 15 is 0 Å². The number of hydrogen-bond donors (Lipinski definition) is 3. The van der Waals surface area contributed by atoms with Gasteiger partial charge >= 0.3 is 12.0 Å². The van der Waals surface area contributed by atoms with E-state index in [1.807, 2.05) is 0 Å². The number of halogens is 1. The zero-order valence-electron chi connectivity index (χ0n) is 20.8. The Bertz CT molecular complexity index is 1450. The van der Waals surface area contributed by atoms with E-state index in [1.54, 1.807) is 43.3 Å². The molecule has 3 aromatic carbocycles. The van der Waals surface area contributed by atoms with Crippen LogP contribution in [-0.2, 0) is 16.2 Å². The van der Waals surface area contributed by atoms with Crippen LogP contribution in [0.25, 0.3) is 6.08 Å². The third-order valence-electron chi connectivity index (χ3n) is 5.59. The summed E-state index contributed by atoms with van der Waals surface area (Å²) in [7, 11) is 0. The average Bonchev–Trinajstić information content (AvgIpc) is 3.17. The summed E-state index contributed by atoms with van der Waals surface area (Å²) in [5.74, 6) is -2.29. The fraction of sp³-hybridized carbons (Fsp3) is 0.143. The number of urea groups is 1. The van der Waals surface area contributed by atoms with E-state index < -0.39 is 36.2 Å². The molecule has 0 aromatic heterocycles. The van der Waals surface area contributed by atoms with Gasteiger partial charge in [-0.25, -0.2) is 18.9 Å². The summed E-state index contributed by atoms with van der Waals surface area (Å²) in [6, 6.07) is 16.0. The van der Waals surface area contributed by atoms with Gasteiger partial charge in [0.1, 0.15) is 24.7 Å². The van der Waals surface area contributed by atoms with Crippen LogP contribution in [-0.4, -0.2) is 47.0 Å². The van der Waals surface area contributed by atoms with Gasteiger partial charge in [0.15, 0.2) is 11.5 Å². The Hall–Kier alpha value is -5.19. The van der Waals surface area contributed by atoms with Crippen molar-refractivity contribution in [1.82, 2.24) is 10.2 Å². The molecule has 3 N–H and O–H groups in total. The third kappa shape index (κ3) is 6.58. The number of hydrogen-bond acceptors (Lipinski definition) is 6. The number of benzene rings is 3. The van der Waals surface area contributed by atoms with Crippen molar-refractivity contribution in [2.45, 2.75) is 13.5 Å². The summed E-state index contributed by atoms with van der Waals surface area (Å²) in [6.07, 6.45) is 1.44. The standard InChI is InChI=1S/C28H24FN3O7/c1-2-38-24-14-18(9-12-23(24)39-16-17-7-10-19(11-8-17)27(35)36)13-22-26(34)32(28(37)31-22)15-25(33)30-21-6-4-3-5-20(21)29/h3-14H,2,15-16H2,1H3,(H,30,33)(H,31,37)(H,35,36)/b22-13+. The van der Waals surface area contributed by atoms with Crippen LogP contribution >= 0.6 is 0 Å². The van der Waals surface area contributed by atoms with E-state index in [9.17, 15) is 23.6 Å². The van der Waals surface area contributed by atoms with Crippen molar-refractivity contribution in [1.29, 1.82) is 0 Å². The molecule has 1 aliphatic heterocycles. The Kier molecular flexibility index (Phi) is 8.20. The smallest absolute Gasteiger partial charge is 0.335 e. The number of rotatable bonds is 10. The highest BCUT2D eigenvalue weighted by atomic mass is 19.1. The van der Waals surface area contributed by atoms with Gasteiger partial charge in [-0.05, 0) is 60.5 Å². The highest BCUT2D eigenvalue weighted by molar-refractivity contribution is 6.16. The first-order valence-corrected chi connectivity index (χ1v) is 11.9. The van der Waals surface area contributed by atoms with Gasteiger partial charge in [-0.3, -0.25) is 9.59 Å². The van der Waals surface area contributed by atoms with Crippen LogP contribution in [0.2, 0.25) is 0 Å². The molecule has 10 nitrogen and oxygen atoms in total. The molecule has 0 saturated carbocycles. The number of aromatic carboxylic acids is 1. The SMILES string of the molecule is CCOc1cc(/C=C2/NC(=O)N(CC(=O)Nc3ccccc3F)C2=O)ccc1OCc1ccc(C(=O)O)cc1. The maximum Gasteiger partial charge on any atom is 0.335 e. The zero-order chi connectivity index (χ0) is 27.9. The van der Waals surface area contributed by atoms with Crippen LogP contribution < -0.4 is 20.1 Å². The molecule has 1 saturated heterocycles. The van der Waals surface area contributed by atoms with Crippen molar-refractivity contribution in [2.24, 2.45) is 0 Å². The van der Waals surface area contributed by atoms with Gasteiger partial charge in [-0.2, -0.15) is 0 Å². The van der Waals surface area contributed by atoms with Gasteiger partial charge in [0, 0.05) is 0 Å². The summed E-state index contributed by atoms with van der Waals surface area (Å²) >= 11 is 0. The lowest BCUT2D eigenvalue weighted by Crippen LogP contribution is -2.38. The van der Waals surface area contributed by atoms with Crippen molar-refractivity contribution in [2.75, 3.05) is 18.5 Å². The van der Waals surface area contributed by atoms with Gasteiger partial charge in [-0.15, -0.1) is 0 Å². The second kappa shape index (κ2) is 11.9. The number of nitrogens with one attached hydrogen (secondary N) is 2. The minimum Gasteiger partial charge on any atom is -0.490 e. The van der Waals surface area contributed by atoms with E-state index in [0.717, 1.165) is 10.5 Å². The Morgan fingerprint density at radius 3 is 2.46 bits per heavy atom. The highest BCUT2D eigenvalue weighted by Gasteiger charge is 2.35. The molecular formula is C28H24FN3O7. The summed E-state index contributed by atoms with van der Waals surface area (Å²) in [4.78, 5) is 49.2. The monoisotopic (exact) mass is 533 g/mol. The number of nitrogens with zero attached hydrogens (tertiary/aromatic N) is 1. The number of ether oxygens (including phenoxy) is 2. The number of carboxylic acids is 1. The molecular weight excluding hydrogens is 509 g/mol. The molecule has 0 bridgehead atoms. The number of amides is 4. The van der Waals surface area contributed by atoms with Crippen LogP contribution in [0.15, 0.2) is 72.4 Å².